The maximum atomic E-state index is 10.9. The van der Waals surface area contributed by atoms with E-state index in [1.807, 2.05) is 0 Å². The number of nitrogens with two attached hydrogens (primary N) is 1. The molecule has 0 saturated carbocycles. The van der Waals surface area contributed by atoms with Crippen molar-refractivity contribution >= 4 is 28.1 Å². The summed E-state index contributed by atoms with van der Waals surface area (Å²) in [4.78, 5) is 10.9. The number of hydrogen-bond acceptors (Lipinski definition) is 4. The first-order chi connectivity index (χ1) is 5.13. The van der Waals surface area contributed by atoms with Gasteiger partial charge < -0.3 is 15.9 Å². The number of nitrogens with one attached hydrogen (secondary N) is 1. The van der Waals surface area contributed by atoms with Crippen LogP contribution < -0.4 is 5.73 Å². The van der Waals surface area contributed by atoms with Gasteiger partial charge in [0.05, 0.1) is 11.2 Å². The van der Waals surface area contributed by atoms with Crippen molar-refractivity contribution in [2.45, 2.75) is 6.92 Å². The number of rotatable bonds is 3. The third kappa shape index (κ3) is 3.18. The number of halogens is 1. The third-order valence-corrected chi connectivity index (χ3v) is 1.32. The topological polar surface area (TPSA) is 76.2 Å². The van der Waals surface area contributed by atoms with Gasteiger partial charge in [0.1, 0.15) is 5.57 Å². The second kappa shape index (κ2) is 4.90. The lowest BCUT2D eigenvalue weighted by Crippen LogP contribution is -2.12. The Bertz CT molecular complexity index is 197. The maximum absolute atomic E-state index is 10.9. The highest BCUT2D eigenvalue weighted by Crippen LogP contribution is 2.04. The van der Waals surface area contributed by atoms with Gasteiger partial charge in [-0.15, -0.1) is 0 Å². The summed E-state index contributed by atoms with van der Waals surface area (Å²) in [6.45, 7) is 1.96. The van der Waals surface area contributed by atoms with Crippen LogP contribution in [0.5, 0.6) is 0 Å². The van der Waals surface area contributed by atoms with E-state index in [-0.39, 0.29) is 16.8 Å². The summed E-state index contributed by atoms with van der Waals surface area (Å²) in [7, 11) is 0. The maximum Gasteiger partial charge on any atom is 0.342 e. The molecule has 0 aliphatic carbocycles. The van der Waals surface area contributed by atoms with Gasteiger partial charge in [0.15, 0.2) is 0 Å². The average Bonchev–Trinajstić information content (AvgIpc) is 1.88. The van der Waals surface area contributed by atoms with Crippen LogP contribution >= 0.6 is 15.9 Å². The van der Waals surface area contributed by atoms with E-state index in [0.29, 0.717) is 0 Å². The fourth-order valence-corrected chi connectivity index (χ4v) is 0.711. The monoisotopic (exact) mass is 220 g/mol. The molecule has 0 aromatic rings. The van der Waals surface area contributed by atoms with Gasteiger partial charge in [0, 0.05) is 6.21 Å². The minimum Gasteiger partial charge on any atom is -0.462 e. The molecule has 11 heavy (non-hydrogen) atoms. The van der Waals surface area contributed by atoms with E-state index < -0.39 is 5.97 Å². The summed E-state index contributed by atoms with van der Waals surface area (Å²) >= 11 is 2.88. The van der Waals surface area contributed by atoms with Crippen LogP contribution in [0.2, 0.25) is 0 Å². The Kier molecular flexibility index (Phi) is 4.52. The normalized spacial score (nSPS) is 11.8. The van der Waals surface area contributed by atoms with E-state index in [9.17, 15) is 4.79 Å². The van der Waals surface area contributed by atoms with Crippen LogP contribution in [-0.4, -0.2) is 18.8 Å². The van der Waals surface area contributed by atoms with Gasteiger partial charge in [0.2, 0.25) is 0 Å². The first-order valence-electron chi connectivity index (χ1n) is 2.96. The van der Waals surface area contributed by atoms with Crippen molar-refractivity contribution < 1.29 is 9.53 Å². The molecule has 0 spiro atoms. The van der Waals surface area contributed by atoms with Gasteiger partial charge in [-0.05, 0) is 22.9 Å². The molecule has 0 fully saturated rings. The van der Waals surface area contributed by atoms with Crippen LogP contribution in [0.15, 0.2) is 10.2 Å². The summed E-state index contributed by atoms with van der Waals surface area (Å²) in [5.41, 5.74) is 5.26. The van der Waals surface area contributed by atoms with Crippen molar-refractivity contribution in [3.63, 3.8) is 0 Å². The predicted octanol–water partition coefficient (Wildman–Crippen LogP) is 0.764. The van der Waals surface area contributed by atoms with Crippen molar-refractivity contribution in [1.29, 1.82) is 5.41 Å². The largest absolute Gasteiger partial charge is 0.462 e. The molecule has 0 aromatic carbocycles. The average molecular weight is 221 g/mol. The van der Waals surface area contributed by atoms with Gasteiger partial charge in [-0.1, -0.05) is 0 Å². The van der Waals surface area contributed by atoms with Crippen molar-refractivity contribution in [2.24, 2.45) is 5.73 Å². The van der Waals surface area contributed by atoms with E-state index in [1.165, 1.54) is 0 Å². The highest BCUT2D eigenvalue weighted by molar-refractivity contribution is 9.11. The van der Waals surface area contributed by atoms with Crippen LogP contribution in [0, 0.1) is 5.41 Å². The fraction of sp³-hybridized carbons (Fsp3) is 0.333. The van der Waals surface area contributed by atoms with Gasteiger partial charge in [-0.2, -0.15) is 0 Å². The van der Waals surface area contributed by atoms with Crippen LogP contribution in [0.3, 0.4) is 0 Å². The van der Waals surface area contributed by atoms with E-state index >= 15 is 0 Å². The molecule has 0 atom stereocenters. The molecule has 0 aliphatic rings. The first-order valence-corrected chi connectivity index (χ1v) is 3.75. The number of carbonyl (C=O) groups is 1. The molecule has 0 saturated heterocycles. The number of hydrogen-bond donors (Lipinski definition) is 2. The van der Waals surface area contributed by atoms with E-state index in [4.69, 9.17) is 11.1 Å². The van der Waals surface area contributed by atoms with Crippen molar-refractivity contribution in [3.05, 3.63) is 10.2 Å². The standard InChI is InChI=1S/C6H9BrN2O2/c1-2-11-6(10)4(3-8)5(7)9/h3,8H,2,9H2,1H3/b5-4+,8-3?. The van der Waals surface area contributed by atoms with Gasteiger partial charge in [0.25, 0.3) is 0 Å². The van der Waals surface area contributed by atoms with Crippen LogP contribution in [-0.2, 0) is 9.53 Å². The molecule has 4 nitrogen and oxygen atoms in total. The molecule has 62 valence electrons. The molecule has 0 radical (unpaired) electrons. The molecule has 0 aromatic heterocycles. The van der Waals surface area contributed by atoms with Crippen molar-refractivity contribution in [1.82, 2.24) is 0 Å². The molecule has 0 heterocycles. The summed E-state index contributed by atoms with van der Waals surface area (Å²) in [6.07, 6.45) is 0.849. The number of carbonyl (C=O) groups excluding carboxylic acids is 1. The van der Waals surface area contributed by atoms with Crippen LogP contribution in [0.4, 0.5) is 0 Å². The number of esters is 1. The fourth-order valence-electron chi connectivity index (χ4n) is 0.434. The quantitative estimate of drug-likeness (QED) is 0.319. The Morgan fingerprint density at radius 1 is 1.82 bits per heavy atom. The second-order valence-electron chi connectivity index (χ2n) is 1.63. The Morgan fingerprint density at radius 3 is 2.64 bits per heavy atom. The molecular weight excluding hydrogens is 212 g/mol. The third-order valence-electron chi connectivity index (χ3n) is 0.897. The SMILES string of the molecule is CCOC(=O)/C(C=N)=C(/N)Br. The summed E-state index contributed by atoms with van der Waals surface area (Å²) in [5, 5.41) is 6.81. The van der Waals surface area contributed by atoms with E-state index in [1.54, 1.807) is 6.92 Å². The Labute approximate surface area is 73.0 Å². The Balaban J connectivity index is 4.40. The van der Waals surface area contributed by atoms with Crippen LogP contribution in [0.25, 0.3) is 0 Å². The van der Waals surface area contributed by atoms with E-state index in [2.05, 4.69) is 20.7 Å². The molecule has 0 aliphatic heterocycles. The lowest BCUT2D eigenvalue weighted by atomic mass is 10.3. The highest BCUT2D eigenvalue weighted by atomic mass is 79.9. The van der Waals surface area contributed by atoms with Gasteiger partial charge >= 0.3 is 5.97 Å². The lowest BCUT2D eigenvalue weighted by Gasteiger charge is -2.01. The highest BCUT2D eigenvalue weighted by Gasteiger charge is 2.09. The molecule has 0 unspecified atom stereocenters. The molecule has 0 amide bonds. The second-order valence-corrected chi connectivity index (χ2v) is 2.48. The van der Waals surface area contributed by atoms with Crippen molar-refractivity contribution in [3.8, 4) is 0 Å². The lowest BCUT2D eigenvalue weighted by molar-refractivity contribution is -0.137. The van der Waals surface area contributed by atoms with Gasteiger partial charge in [-0.25, -0.2) is 4.79 Å². The zero-order valence-electron chi connectivity index (χ0n) is 6.06. The molecule has 0 bridgehead atoms. The minimum atomic E-state index is -0.586. The Hall–Kier alpha value is -0.840. The first kappa shape index (κ1) is 10.2. The summed E-state index contributed by atoms with van der Waals surface area (Å²) in [6, 6.07) is 0. The van der Waals surface area contributed by atoms with Crippen LogP contribution in [0.1, 0.15) is 6.92 Å². The predicted molar refractivity (Wildman–Crippen MR) is 45.6 cm³/mol. The zero-order chi connectivity index (χ0) is 8.85. The van der Waals surface area contributed by atoms with E-state index in [0.717, 1.165) is 6.21 Å². The molecule has 3 N–H and O–H groups in total. The summed E-state index contributed by atoms with van der Waals surface area (Å²) < 4.78 is 4.71. The molecule has 0 rings (SSSR count). The minimum absolute atomic E-state index is 0.0341. The number of ether oxygens (including phenoxy) is 1. The van der Waals surface area contributed by atoms with Crippen molar-refractivity contribution in [2.75, 3.05) is 6.61 Å². The zero-order valence-corrected chi connectivity index (χ0v) is 7.64. The van der Waals surface area contributed by atoms with Gasteiger partial charge in [-0.3, -0.25) is 0 Å². The Morgan fingerprint density at radius 2 is 2.36 bits per heavy atom. The smallest absolute Gasteiger partial charge is 0.342 e. The molecular formula is C6H9BrN2O2. The molecule has 5 heteroatoms. The summed E-state index contributed by atoms with van der Waals surface area (Å²) in [5.74, 6) is -0.586.